The van der Waals surface area contributed by atoms with Crippen LogP contribution in [-0.4, -0.2) is 71.5 Å². The zero-order valence-corrected chi connectivity index (χ0v) is 17.7. The fraction of sp³-hybridized carbons (Fsp3) is 0.588. The minimum atomic E-state index is 0. The van der Waals surface area contributed by atoms with E-state index < -0.39 is 0 Å². The largest absolute Gasteiger partial charge is 0.493 e. The Morgan fingerprint density at radius 2 is 2.04 bits per heavy atom. The highest BCUT2D eigenvalue weighted by Crippen LogP contribution is 2.27. The molecule has 1 aliphatic heterocycles. The summed E-state index contributed by atoms with van der Waals surface area (Å²) in [5.74, 6) is 2.20. The molecule has 2 rings (SSSR count). The summed E-state index contributed by atoms with van der Waals surface area (Å²) < 4.78 is 16.3. The smallest absolute Gasteiger partial charge is 0.191 e. The molecule has 0 radical (unpaired) electrons. The summed E-state index contributed by atoms with van der Waals surface area (Å²) in [6.45, 7) is 4.07. The number of hydrogen-bond donors (Lipinski definition) is 2. The van der Waals surface area contributed by atoms with Gasteiger partial charge < -0.3 is 29.7 Å². The number of nitrogens with one attached hydrogen (secondary N) is 2. The van der Waals surface area contributed by atoms with E-state index in [9.17, 15) is 0 Å². The van der Waals surface area contributed by atoms with Crippen LogP contribution in [-0.2, 0) is 11.3 Å². The number of likely N-dealkylation sites (N-methyl/N-ethyl adjacent to an activating group) is 1. The average Bonchev–Trinajstić information content (AvgIpc) is 2.61. The molecule has 1 aromatic rings. The summed E-state index contributed by atoms with van der Waals surface area (Å²) >= 11 is 0. The lowest BCUT2D eigenvalue weighted by Gasteiger charge is -2.30. The quantitative estimate of drug-likeness (QED) is 0.376. The van der Waals surface area contributed by atoms with Crippen molar-refractivity contribution >= 4 is 29.9 Å². The molecule has 25 heavy (non-hydrogen) atoms. The monoisotopic (exact) mass is 464 g/mol. The molecule has 142 valence electrons. The van der Waals surface area contributed by atoms with E-state index in [-0.39, 0.29) is 30.1 Å². The zero-order valence-electron chi connectivity index (χ0n) is 15.4. The van der Waals surface area contributed by atoms with E-state index >= 15 is 0 Å². The van der Waals surface area contributed by atoms with Crippen molar-refractivity contribution < 1.29 is 14.2 Å². The SMILES string of the molecule is CN=C(NCc1ccc(OC)c(OC)c1)NCC1CN(C)CCO1.I. The van der Waals surface area contributed by atoms with Gasteiger partial charge in [0.2, 0.25) is 0 Å². The first-order chi connectivity index (χ1) is 11.7. The maximum absolute atomic E-state index is 5.74. The Morgan fingerprint density at radius 1 is 1.28 bits per heavy atom. The molecule has 1 fully saturated rings. The van der Waals surface area contributed by atoms with Crippen molar-refractivity contribution in [2.75, 3.05) is 54.6 Å². The highest BCUT2D eigenvalue weighted by atomic mass is 127. The number of guanidine groups is 1. The first-order valence-corrected chi connectivity index (χ1v) is 8.11. The zero-order chi connectivity index (χ0) is 17.4. The fourth-order valence-electron chi connectivity index (χ4n) is 2.60. The highest BCUT2D eigenvalue weighted by Gasteiger charge is 2.17. The fourth-order valence-corrected chi connectivity index (χ4v) is 2.60. The molecule has 0 aliphatic carbocycles. The molecule has 7 nitrogen and oxygen atoms in total. The van der Waals surface area contributed by atoms with Crippen LogP contribution in [0.3, 0.4) is 0 Å². The van der Waals surface area contributed by atoms with Gasteiger partial charge >= 0.3 is 0 Å². The number of benzene rings is 1. The van der Waals surface area contributed by atoms with Gasteiger partial charge in [-0.15, -0.1) is 24.0 Å². The summed E-state index contributed by atoms with van der Waals surface area (Å²) in [4.78, 5) is 6.53. The van der Waals surface area contributed by atoms with Crippen molar-refractivity contribution in [3.63, 3.8) is 0 Å². The Hall–Kier alpha value is -1.26. The van der Waals surface area contributed by atoms with Crippen LogP contribution in [0.15, 0.2) is 23.2 Å². The maximum atomic E-state index is 5.74. The van der Waals surface area contributed by atoms with E-state index in [1.165, 1.54) is 0 Å². The number of aliphatic imine (C=N–C) groups is 1. The molecule has 1 heterocycles. The summed E-state index contributed by atoms with van der Waals surface area (Å²) in [5.41, 5.74) is 1.09. The molecule has 1 aromatic carbocycles. The third kappa shape index (κ3) is 6.87. The third-order valence-electron chi connectivity index (χ3n) is 3.97. The number of halogens is 1. The second-order valence-corrected chi connectivity index (χ2v) is 5.75. The van der Waals surface area contributed by atoms with Gasteiger partial charge in [-0.2, -0.15) is 0 Å². The van der Waals surface area contributed by atoms with Gasteiger partial charge in [0, 0.05) is 33.2 Å². The summed E-state index contributed by atoms with van der Waals surface area (Å²) in [7, 11) is 7.14. The van der Waals surface area contributed by atoms with Crippen LogP contribution in [0.4, 0.5) is 0 Å². The summed E-state index contributed by atoms with van der Waals surface area (Å²) in [6.07, 6.45) is 0.184. The normalized spacial score (nSPS) is 18.2. The number of morpholine rings is 1. The Bertz CT molecular complexity index is 557. The van der Waals surface area contributed by atoms with Gasteiger partial charge in [-0.05, 0) is 24.7 Å². The van der Waals surface area contributed by atoms with Gasteiger partial charge in [-0.3, -0.25) is 4.99 Å². The Morgan fingerprint density at radius 3 is 2.68 bits per heavy atom. The molecule has 1 unspecified atom stereocenters. The van der Waals surface area contributed by atoms with Crippen LogP contribution < -0.4 is 20.1 Å². The first kappa shape index (κ1) is 21.8. The van der Waals surface area contributed by atoms with Crippen LogP contribution in [0, 0.1) is 0 Å². The summed E-state index contributed by atoms with van der Waals surface area (Å²) in [6, 6.07) is 5.86. The van der Waals surface area contributed by atoms with Crippen molar-refractivity contribution in [2.45, 2.75) is 12.6 Å². The average molecular weight is 464 g/mol. The lowest BCUT2D eigenvalue weighted by atomic mass is 10.2. The van der Waals surface area contributed by atoms with Crippen molar-refractivity contribution in [2.24, 2.45) is 4.99 Å². The number of hydrogen-bond acceptors (Lipinski definition) is 5. The van der Waals surface area contributed by atoms with Gasteiger partial charge in [0.25, 0.3) is 0 Å². The molecule has 1 aliphatic rings. The van der Waals surface area contributed by atoms with Crippen LogP contribution >= 0.6 is 24.0 Å². The van der Waals surface area contributed by atoms with E-state index in [2.05, 4.69) is 27.6 Å². The summed E-state index contributed by atoms with van der Waals surface area (Å²) in [5, 5.41) is 6.61. The number of ether oxygens (including phenoxy) is 3. The number of rotatable bonds is 6. The van der Waals surface area contributed by atoms with Crippen molar-refractivity contribution in [1.29, 1.82) is 0 Å². The molecular weight excluding hydrogens is 435 g/mol. The molecule has 8 heteroatoms. The van der Waals surface area contributed by atoms with Gasteiger partial charge in [0.05, 0.1) is 26.9 Å². The highest BCUT2D eigenvalue weighted by molar-refractivity contribution is 14.0. The molecule has 0 amide bonds. The minimum absolute atomic E-state index is 0. The topological polar surface area (TPSA) is 67.4 Å². The lowest BCUT2D eigenvalue weighted by molar-refractivity contribution is -0.0161. The third-order valence-corrected chi connectivity index (χ3v) is 3.97. The van der Waals surface area contributed by atoms with Crippen molar-refractivity contribution in [3.05, 3.63) is 23.8 Å². The number of nitrogens with zero attached hydrogens (tertiary/aromatic N) is 2. The first-order valence-electron chi connectivity index (χ1n) is 8.11. The van der Waals surface area contributed by atoms with Gasteiger partial charge in [-0.25, -0.2) is 0 Å². The van der Waals surface area contributed by atoms with Crippen molar-refractivity contribution in [3.8, 4) is 11.5 Å². The van der Waals surface area contributed by atoms with Gasteiger partial charge in [0.1, 0.15) is 0 Å². The van der Waals surface area contributed by atoms with Crippen LogP contribution in [0.5, 0.6) is 11.5 Å². The molecular formula is C17H29IN4O3. The minimum Gasteiger partial charge on any atom is -0.493 e. The molecule has 0 bridgehead atoms. The predicted octanol–water partition coefficient (Wildman–Crippen LogP) is 1.32. The second-order valence-electron chi connectivity index (χ2n) is 5.75. The Labute approximate surface area is 167 Å². The predicted molar refractivity (Wildman–Crippen MR) is 110 cm³/mol. The van der Waals surface area contributed by atoms with Crippen LogP contribution in [0.2, 0.25) is 0 Å². The molecule has 0 aromatic heterocycles. The Balaban J connectivity index is 0.00000312. The van der Waals surface area contributed by atoms with Crippen LogP contribution in [0.25, 0.3) is 0 Å². The van der Waals surface area contributed by atoms with E-state index in [1.807, 2.05) is 18.2 Å². The molecule has 0 saturated carbocycles. The maximum Gasteiger partial charge on any atom is 0.191 e. The second kappa shape index (κ2) is 11.4. The van der Waals surface area contributed by atoms with Gasteiger partial charge in [0.15, 0.2) is 17.5 Å². The Kier molecular flexibility index (Phi) is 9.91. The molecule has 1 saturated heterocycles. The van der Waals surface area contributed by atoms with Crippen LogP contribution in [0.1, 0.15) is 5.56 Å². The van der Waals surface area contributed by atoms with E-state index in [0.717, 1.165) is 49.3 Å². The lowest BCUT2D eigenvalue weighted by Crippen LogP contribution is -2.48. The molecule has 0 spiro atoms. The number of methoxy groups -OCH3 is 2. The van der Waals surface area contributed by atoms with E-state index in [0.29, 0.717) is 6.54 Å². The molecule has 2 N–H and O–H groups in total. The van der Waals surface area contributed by atoms with E-state index in [1.54, 1.807) is 21.3 Å². The van der Waals surface area contributed by atoms with E-state index in [4.69, 9.17) is 14.2 Å². The molecule has 1 atom stereocenters. The standard InChI is InChI=1S/C17H28N4O3.HI/c1-18-17(20-11-14-12-21(2)7-8-24-14)19-10-13-5-6-15(22-3)16(9-13)23-4;/h5-6,9,14H,7-8,10-12H2,1-4H3,(H2,18,19,20);1H. The van der Waals surface area contributed by atoms with Crippen molar-refractivity contribution in [1.82, 2.24) is 15.5 Å². The van der Waals surface area contributed by atoms with Gasteiger partial charge in [-0.1, -0.05) is 6.07 Å².